The minimum Gasteiger partial charge on any atom is -0.497 e. The second kappa shape index (κ2) is 6.63. The Hall–Kier alpha value is -2.01. The van der Waals surface area contributed by atoms with Gasteiger partial charge in [-0.2, -0.15) is 0 Å². The molecular weight excluding hydrogens is 336 g/mol. The Morgan fingerprint density at radius 2 is 2.00 bits per heavy atom. The van der Waals surface area contributed by atoms with E-state index in [2.05, 4.69) is 15.9 Å². The molecule has 21 heavy (non-hydrogen) atoms. The zero-order valence-electron chi connectivity index (χ0n) is 11.7. The van der Waals surface area contributed by atoms with Crippen LogP contribution in [0.1, 0.15) is 21.5 Å². The van der Waals surface area contributed by atoms with Crippen LogP contribution in [0.25, 0.3) is 0 Å². The highest BCUT2D eigenvalue weighted by Gasteiger charge is 2.08. The number of carboxylic acid groups (broad SMARTS) is 1. The molecule has 0 heterocycles. The molecule has 0 aliphatic rings. The first-order valence-electron chi connectivity index (χ1n) is 6.30. The molecule has 0 unspecified atom stereocenters. The summed E-state index contributed by atoms with van der Waals surface area (Å²) < 4.78 is 11.9. The molecule has 0 aromatic heterocycles. The van der Waals surface area contributed by atoms with Crippen LogP contribution in [0.15, 0.2) is 40.9 Å². The molecule has 0 bridgehead atoms. The van der Waals surface area contributed by atoms with Gasteiger partial charge in [0.25, 0.3) is 0 Å². The number of aryl methyl sites for hydroxylation is 1. The van der Waals surface area contributed by atoms with Crippen molar-refractivity contribution in [2.24, 2.45) is 0 Å². The molecule has 5 heteroatoms. The van der Waals surface area contributed by atoms with E-state index in [1.165, 1.54) is 6.07 Å². The van der Waals surface area contributed by atoms with Gasteiger partial charge in [-0.05, 0) is 48.9 Å². The maximum absolute atomic E-state index is 10.9. The van der Waals surface area contributed by atoms with Gasteiger partial charge in [-0.25, -0.2) is 4.79 Å². The Morgan fingerprint density at radius 1 is 1.24 bits per heavy atom. The molecular formula is C16H15BrO4. The van der Waals surface area contributed by atoms with Crippen molar-refractivity contribution in [2.75, 3.05) is 7.11 Å². The van der Waals surface area contributed by atoms with Gasteiger partial charge in [-0.3, -0.25) is 0 Å². The van der Waals surface area contributed by atoms with Crippen LogP contribution in [-0.4, -0.2) is 18.2 Å². The Bertz CT molecular complexity index is 667. The number of carboxylic acids is 1. The number of ether oxygens (including phenoxy) is 2. The second-order valence-corrected chi connectivity index (χ2v) is 5.39. The summed E-state index contributed by atoms with van der Waals surface area (Å²) in [5, 5.41) is 8.94. The van der Waals surface area contributed by atoms with Crippen molar-refractivity contribution in [3.8, 4) is 11.5 Å². The lowest BCUT2D eigenvalue weighted by Crippen LogP contribution is -2.01. The number of aromatic carboxylic acids is 1. The number of methoxy groups -OCH3 is 1. The van der Waals surface area contributed by atoms with E-state index in [0.717, 1.165) is 21.3 Å². The SMILES string of the molecule is COc1ccc(Br)c(COc2ccc(C(=O)O)cc2C)c1. The fourth-order valence-corrected chi connectivity index (χ4v) is 2.25. The van der Waals surface area contributed by atoms with Crippen LogP contribution in [-0.2, 0) is 6.61 Å². The highest BCUT2D eigenvalue weighted by atomic mass is 79.9. The average Bonchev–Trinajstić information content (AvgIpc) is 2.47. The monoisotopic (exact) mass is 350 g/mol. The molecule has 0 spiro atoms. The van der Waals surface area contributed by atoms with Gasteiger partial charge >= 0.3 is 5.97 Å². The second-order valence-electron chi connectivity index (χ2n) is 4.53. The lowest BCUT2D eigenvalue weighted by Gasteiger charge is -2.12. The fourth-order valence-electron chi connectivity index (χ4n) is 1.89. The molecule has 0 amide bonds. The molecule has 2 rings (SSSR count). The van der Waals surface area contributed by atoms with Crippen molar-refractivity contribution in [3.63, 3.8) is 0 Å². The zero-order valence-corrected chi connectivity index (χ0v) is 13.3. The number of carbonyl (C=O) groups is 1. The molecule has 0 saturated heterocycles. The average molecular weight is 351 g/mol. The van der Waals surface area contributed by atoms with Crippen LogP contribution in [0.3, 0.4) is 0 Å². The summed E-state index contributed by atoms with van der Waals surface area (Å²) in [7, 11) is 1.61. The van der Waals surface area contributed by atoms with Crippen LogP contribution >= 0.6 is 15.9 Å². The summed E-state index contributed by atoms with van der Waals surface area (Å²) in [5.74, 6) is 0.477. The van der Waals surface area contributed by atoms with Crippen LogP contribution in [0, 0.1) is 6.92 Å². The van der Waals surface area contributed by atoms with Crippen LogP contribution < -0.4 is 9.47 Å². The molecule has 1 N–H and O–H groups in total. The Kier molecular flexibility index (Phi) is 4.85. The van der Waals surface area contributed by atoms with E-state index >= 15 is 0 Å². The quantitative estimate of drug-likeness (QED) is 0.883. The van der Waals surface area contributed by atoms with E-state index in [-0.39, 0.29) is 5.56 Å². The maximum Gasteiger partial charge on any atom is 0.335 e. The Labute approximate surface area is 131 Å². The van der Waals surface area contributed by atoms with E-state index < -0.39 is 5.97 Å². The van der Waals surface area contributed by atoms with Gasteiger partial charge in [0.1, 0.15) is 18.1 Å². The van der Waals surface area contributed by atoms with Gasteiger partial charge < -0.3 is 14.6 Å². The standard InChI is InChI=1S/C16H15BrO4/c1-10-7-11(16(18)19)3-6-15(10)21-9-12-8-13(20-2)4-5-14(12)17/h3-8H,9H2,1-2H3,(H,18,19). The third kappa shape index (κ3) is 3.76. The third-order valence-electron chi connectivity index (χ3n) is 3.06. The van der Waals surface area contributed by atoms with Crippen molar-refractivity contribution in [1.29, 1.82) is 0 Å². The number of hydrogen-bond acceptors (Lipinski definition) is 3. The zero-order chi connectivity index (χ0) is 15.4. The molecule has 0 radical (unpaired) electrons. The van der Waals surface area contributed by atoms with Gasteiger partial charge in [0, 0.05) is 10.0 Å². The minimum atomic E-state index is -0.944. The summed E-state index contributed by atoms with van der Waals surface area (Å²) in [5.41, 5.74) is 1.99. The molecule has 4 nitrogen and oxygen atoms in total. The fraction of sp³-hybridized carbons (Fsp3) is 0.188. The maximum atomic E-state index is 10.9. The van der Waals surface area contributed by atoms with Crippen LogP contribution in [0.4, 0.5) is 0 Å². The van der Waals surface area contributed by atoms with Crippen molar-refractivity contribution in [3.05, 3.63) is 57.6 Å². The van der Waals surface area contributed by atoms with Crippen molar-refractivity contribution in [1.82, 2.24) is 0 Å². The predicted octanol–water partition coefficient (Wildman–Crippen LogP) is 4.04. The molecule has 2 aromatic carbocycles. The number of hydrogen-bond donors (Lipinski definition) is 1. The lowest BCUT2D eigenvalue weighted by atomic mass is 10.1. The first-order chi connectivity index (χ1) is 10.0. The summed E-state index contributed by atoms with van der Waals surface area (Å²) in [6, 6.07) is 10.5. The van der Waals surface area contributed by atoms with Crippen LogP contribution in [0.5, 0.6) is 11.5 Å². The summed E-state index contributed by atoms with van der Waals surface area (Å²) in [4.78, 5) is 10.9. The van der Waals surface area contributed by atoms with E-state index in [1.54, 1.807) is 19.2 Å². The van der Waals surface area contributed by atoms with Gasteiger partial charge in [0.15, 0.2) is 0 Å². The highest BCUT2D eigenvalue weighted by Crippen LogP contribution is 2.25. The van der Waals surface area contributed by atoms with E-state index in [1.807, 2.05) is 25.1 Å². The molecule has 0 saturated carbocycles. The smallest absolute Gasteiger partial charge is 0.335 e. The molecule has 2 aromatic rings. The number of benzene rings is 2. The van der Waals surface area contributed by atoms with Gasteiger partial charge in [0.2, 0.25) is 0 Å². The summed E-state index contributed by atoms with van der Waals surface area (Å²) in [6.45, 7) is 2.19. The number of rotatable bonds is 5. The molecule has 0 fully saturated rings. The highest BCUT2D eigenvalue weighted by molar-refractivity contribution is 9.10. The van der Waals surface area contributed by atoms with Gasteiger partial charge in [-0.1, -0.05) is 15.9 Å². The topological polar surface area (TPSA) is 55.8 Å². The van der Waals surface area contributed by atoms with Crippen molar-refractivity contribution >= 4 is 21.9 Å². The molecule has 0 aliphatic heterocycles. The minimum absolute atomic E-state index is 0.252. The lowest BCUT2D eigenvalue weighted by molar-refractivity contribution is 0.0696. The summed E-state index contributed by atoms with van der Waals surface area (Å²) in [6.07, 6.45) is 0. The first-order valence-corrected chi connectivity index (χ1v) is 7.09. The largest absolute Gasteiger partial charge is 0.497 e. The van der Waals surface area contributed by atoms with Crippen LogP contribution in [0.2, 0.25) is 0 Å². The van der Waals surface area contributed by atoms with E-state index in [9.17, 15) is 4.79 Å². The van der Waals surface area contributed by atoms with E-state index in [4.69, 9.17) is 14.6 Å². The number of halogens is 1. The van der Waals surface area contributed by atoms with E-state index in [0.29, 0.717) is 12.4 Å². The Balaban J connectivity index is 2.15. The predicted molar refractivity (Wildman–Crippen MR) is 83.2 cm³/mol. The van der Waals surface area contributed by atoms with Gasteiger partial charge in [0.05, 0.1) is 12.7 Å². The normalized spacial score (nSPS) is 10.2. The molecule has 0 aliphatic carbocycles. The molecule has 110 valence electrons. The van der Waals surface area contributed by atoms with Crippen molar-refractivity contribution in [2.45, 2.75) is 13.5 Å². The first kappa shape index (κ1) is 15.4. The van der Waals surface area contributed by atoms with Crippen molar-refractivity contribution < 1.29 is 19.4 Å². The summed E-state index contributed by atoms with van der Waals surface area (Å²) >= 11 is 3.47. The van der Waals surface area contributed by atoms with Gasteiger partial charge in [-0.15, -0.1) is 0 Å². The Morgan fingerprint density at radius 3 is 2.62 bits per heavy atom. The molecule has 0 atom stereocenters. The third-order valence-corrected chi connectivity index (χ3v) is 3.83.